The summed E-state index contributed by atoms with van der Waals surface area (Å²) in [5.41, 5.74) is 0.801. The number of benzene rings is 2. The van der Waals surface area contributed by atoms with Gasteiger partial charge in [0.25, 0.3) is 5.91 Å². The molecule has 0 aliphatic heterocycles. The van der Waals surface area contributed by atoms with Crippen LogP contribution in [0.4, 0.5) is 8.78 Å². The maximum atomic E-state index is 13.3. The molecule has 0 aliphatic rings. The average Bonchev–Trinajstić information content (AvgIpc) is 2.39. The fraction of sp³-hybridized carbons (Fsp3) is 0.133. The van der Waals surface area contributed by atoms with Gasteiger partial charge in [0.1, 0.15) is 11.6 Å². The molecule has 0 spiro atoms. The molecule has 0 aliphatic carbocycles. The number of carbonyl (C=O) groups excluding carboxylic acids is 1. The van der Waals surface area contributed by atoms with E-state index in [0.717, 1.165) is 5.56 Å². The van der Waals surface area contributed by atoms with Gasteiger partial charge in [0.15, 0.2) is 0 Å². The van der Waals surface area contributed by atoms with Crippen LogP contribution in [0.1, 0.15) is 15.9 Å². The molecule has 19 heavy (non-hydrogen) atoms. The topological polar surface area (TPSA) is 29.1 Å². The Morgan fingerprint density at radius 1 is 1.05 bits per heavy atom. The van der Waals surface area contributed by atoms with Gasteiger partial charge in [0.2, 0.25) is 0 Å². The van der Waals surface area contributed by atoms with Gasteiger partial charge in [0.05, 0.1) is 5.56 Å². The van der Waals surface area contributed by atoms with Crippen molar-refractivity contribution in [3.05, 3.63) is 71.3 Å². The molecule has 0 fully saturated rings. The minimum atomic E-state index is -0.550. The molecule has 2 aromatic carbocycles. The predicted octanol–water partition coefficient (Wildman–Crippen LogP) is 2.94. The summed E-state index contributed by atoms with van der Waals surface area (Å²) in [7, 11) is 0. The van der Waals surface area contributed by atoms with Crippen LogP contribution in [-0.2, 0) is 6.42 Å². The van der Waals surface area contributed by atoms with Crippen LogP contribution < -0.4 is 5.32 Å². The van der Waals surface area contributed by atoms with Crippen LogP contribution in [0.15, 0.2) is 48.5 Å². The molecule has 98 valence electrons. The molecule has 0 radical (unpaired) electrons. The molecule has 2 nitrogen and oxygen atoms in total. The quantitative estimate of drug-likeness (QED) is 0.900. The van der Waals surface area contributed by atoms with Crippen molar-refractivity contribution >= 4 is 5.91 Å². The Kier molecular flexibility index (Phi) is 4.23. The standard InChI is InChI=1S/C15H13F2NO/c16-12-5-3-4-11(10-12)8-9-18-15(19)13-6-1-2-7-14(13)17/h1-7,10H,8-9H2,(H,18,19). The SMILES string of the molecule is O=C(NCCc1cccc(F)c1)c1ccccc1F. The van der Waals surface area contributed by atoms with Crippen LogP contribution in [0, 0.1) is 11.6 Å². The normalized spacial score (nSPS) is 10.2. The van der Waals surface area contributed by atoms with Crippen LogP contribution in [0.2, 0.25) is 0 Å². The van der Waals surface area contributed by atoms with E-state index in [1.807, 2.05) is 0 Å². The average molecular weight is 261 g/mol. The molecule has 1 N–H and O–H groups in total. The molecule has 0 saturated carbocycles. The molecule has 4 heteroatoms. The molecule has 0 atom stereocenters. The molecule has 1 amide bonds. The number of hydrogen-bond acceptors (Lipinski definition) is 1. The Hall–Kier alpha value is -2.23. The third kappa shape index (κ3) is 3.61. The van der Waals surface area contributed by atoms with Crippen LogP contribution in [0.3, 0.4) is 0 Å². The van der Waals surface area contributed by atoms with Gasteiger partial charge in [-0.15, -0.1) is 0 Å². The van der Waals surface area contributed by atoms with Crippen molar-refractivity contribution in [2.45, 2.75) is 6.42 Å². The highest BCUT2D eigenvalue weighted by Crippen LogP contribution is 2.06. The van der Waals surface area contributed by atoms with Gasteiger partial charge in [-0.2, -0.15) is 0 Å². The van der Waals surface area contributed by atoms with Gasteiger partial charge in [-0.05, 0) is 36.2 Å². The monoisotopic (exact) mass is 261 g/mol. The Bertz CT molecular complexity index is 584. The van der Waals surface area contributed by atoms with E-state index in [9.17, 15) is 13.6 Å². The summed E-state index contributed by atoms with van der Waals surface area (Å²) in [6.45, 7) is 0.330. The smallest absolute Gasteiger partial charge is 0.254 e. The summed E-state index contributed by atoms with van der Waals surface area (Å²) in [6.07, 6.45) is 0.498. The summed E-state index contributed by atoms with van der Waals surface area (Å²) in [5, 5.41) is 2.61. The molecule has 0 aromatic heterocycles. The summed E-state index contributed by atoms with van der Waals surface area (Å²) in [6, 6.07) is 12.0. The number of carbonyl (C=O) groups is 1. The fourth-order valence-electron chi connectivity index (χ4n) is 1.75. The highest BCUT2D eigenvalue weighted by molar-refractivity contribution is 5.94. The van der Waals surface area contributed by atoms with Crippen molar-refractivity contribution in [3.63, 3.8) is 0 Å². The molecular weight excluding hydrogens is 248 g/mol. The summed E-state index contributed by atoms with van der Waals surface area (Å²) in [5.74, 6) is -1.32. The minimum absolute atomic E-state index is 0.0155. The zero-order valence-electron chi connectivity index (χ0n) is 10.2. The van der Waals surface area contributed by atoms with Gasteiger partial charge >= 0.3 is 0 Å². The first-order valence-electron chi connectivity index (χ1n) is 5.94. The van der Waals surface area contributed by atoms with Crippen molar-refractivity contribution in [1.82, 2.24) is 5.32 Å². The van der Waals surface area contributed by atoms with E-state index in [1.54, 1.807) is 18.2 Å². The maximum absolute atomic E-state index is 13.3. The van der Waals surface area contributed by atoms with Crippen molar-refractivity contribution in [3.8, 4) is 0 Å². The van der Waals surface area contributed by atoms with Crippen LogP contribution >= 0.6 is 0 Å². The van der Waals surface area contributed by atoms with E-state index in [2.05, 4.69) is 5.32 Å². The largest absolute Gasteiger partial charge is 0.352 e. The molecular formula is C15H13F2NO. The van der Waals surface area contributed by atoms with Gasteiger partial charge < -0.3 is 5.32 Å². The number of halogens is 2. The van der Waals surface area contributed by atoms with E-state index < -0.39 is 11.7 Å². The second-order valence-corrected chi connectivity index (χ2v) is 4.12. The summed E-state index contributed by atoms with van der Waals surface area (Å²) in [4.78, 5) is 11.7. The summed E-state index contributed by atoms with van der Waals surface area (Å²) < 4.78 is 26.3. The molecule has 2 rings (SSSR count). The number of amides is 1. The summed E-state index contributed by atoms with van der Waals surface area (Å²) >= 11 is 0. The maximum Gasteiger partial charge on any atom is 0.254 e. The lowest BCUT2D eigenvalue weighted by Crippen LogP contribution is -2.26. The lowest BCUT2D eigenvalue weighted by atomic mass is 10.1. The third-order valence-corrected chi connectivity index (χ3v) is 2.71. The van der Waals surface area contributed by atoms with Crippen LogP contribution in [-0.4, -0.2) is 12.5 Å². The molecule has 0 saturated heterocycles. The first-order valence-corrected chi connectivity index (χ1v) is 5.94. The number of nitrogens with one attached hydrogen (secondary N) is 1. The molecule has 0 bridgehead atoms. The highest BCUT2D eigenvalue weighted by atomic mass is 19.1. The van der Waals surface area contributed by atoms with E-state index in [1.165, 1.54) is 30.3 Å². The second-order valence-electron chi connectivity index (χ2n) is 4.12. The Balaban J connectivity index is 1.90. The van der Waals surface area contributed by atoms with E-state index >= 15 is 0 Å². The highest BCUT2D eigenvalue weighted by Gasteiger charge is 2.09. The van der Waals surface area contributed by atoms with E-state index in [0.29, 0.717) is 13.0 Å². The Morgan fingerprint density at radius 3 is 2.58 bits per heavy atom. The van der Waals surface area contributed by atoms with Crippen molar-refractivity contribution in [1.29, 1.82) is 0 Å². The van der Waals surface area contributed by atoms with Crippen LogP contribution in [0.25, 0.3) is 0 Å². The molecule has 0 heterocycles. The first kappa shape index (κ1) is 13.2. The van der Waals surface area contributed by atoms with Crippen molar-refractivity contribution in [2.75, 3.05) is 6.54 Å². The minimum Gasteiger partial charge on any atom is -0.352 e. The lowest BCUT2D eigenvalue weighted by molar-refractivity contribution is 0.0950. The molecule has 0 unspecified atom stereocenters. The number of rotatable bonds is 4. The third-order valence-electron chi connectivity index (χ3n) is 2.71. The Morgan fingerprint density at radius 2 is 1.84 bits per heavy atom. The van der Waals surface area contributed by atoms with Gasteiger partial charge in [0, 0.05) is 6.54 Å². The van der Waals surface area contributed by atoms with Gasteiger partial charge in [-0.25, -0.2) is 8.78 Å². The zero-order chi connectivity index (χ0) is 13.7. The number of hydrogen-bond donors (Lipinski definition) is 1. The second kappa shape index (κ2) is 6.09. The van der Waals surface area contributed by atoms with E-state index in [-0.39, 0.29) is 11.4 Å². The predicted molar refractivity (Wildman–Crippen MR) is 68.8 cm³/mol. The van der Waals surface area contributed by atoms with Crippen molar-refractivity contribution in [2.24, 2.45) is 0 Å². The van der Waals surface area contributed by atoms with Crippen molar-refractivity contribution < 1.29 is 13.6 Å². The van der Waals surface area contributed by atoms with Crippen LogP contribution in [0.5, 0.6) is 0 Å². The molecule has 2 aromatic rings. The lowest BCUT2D eigenvalue weighted by Gasteiger charge is -2.06. The zero-order valence-corrected chi connectivity index (χ0v) is 10.2. The Labute approximate surface area is 110 Å². The van der Waals surface area contributed by atoms with Gasteiger partial charge in [-0.1, -0.05) is 24.3 Å². The van der Waals surface area contributed by atoms with E-state index in [4.69, 9.17) is 0 Å². The van der Waals surface area contributed by atoms with Gasteiger partial charge in [-0.3, -0.25) is 4.79 Å². The fourth-order valence-corrected chi connectivity index (χ4v) is 1.75. The first-order chi connectivity index (χ1) is 9.16.